The van der Waals surface area contributed by atoms with Crippen LogP contribution in [0.3, 0.4) is 0 Å². The molecule has 0 bridgehead atoms. The third-order valence-corrected chi connectivity index (χ3v) is 2.23. The van der Waals surface area contributed by atoms with E-state index in [9.17, 15) is 9.59 Å². The fourth-order valence-electron chi connectivity index (χ4n) is 1.43. The fourth-order valence-corrected chi connectivity index (χ4v) is 1.43. The van der Waals surface area contributed by atoms with Crippen LogP contribution < -0.4 is 5.32 Å². The van der Waals surface area contributed by atoms with Gasteiger partial charge in [-0.2, -0.15) is 0 Å². The molecular weight excluding hydrogens is 214 g/mol. The molecule has 17 heavy (non-hydrogen) atoms. The Labute approximate surface area is 102 Å². The minimum atomic E-state index is -0.492. The number of carbonyl (C=O) groups is 2. The zero-order valence-electron chi connectivity index (χ0n) is 10.6. The Morgan fingerprint density at radius 3 is 2.24 bits per heavy atom. The van der Waals surface area contributed by atoms with Crippen molar-refractivity contribution in [2.24, 2.45) is 0 Å². The smallest absolute Gasteiger partial charge is 0.287 e. The molecular formula is C14H19NO2. The predicted molar refractivity (Wildman–Crippen MR) is 67.7 cm³/mol. The van der Waals surface area contributed by atoms with Gasteiger partial charge in [0.15, 0.2) is 0 Å². The number of benzene rings is 1. The average molecular weight is 233 g/mol. The van der Waals surface area contributed by atoms with E-state index in [2.05, 4.69) is 5.32 Å². The van der Waals surface area contributed by atoms with Gasteiger partial charge >= 0.3 is 0 Å². The van der Waals surface area contributed by atoms with Crippen LogP contribution in [0.25, 0.3) is 0 Å². The van der Waals surface area contributed by atoms with Crippen LogP contribution >= 0.6 is 0 Å². The number of Topliss-reactive ketones (excluding diaryl/α,β-unsaturated/α-hetero) is 1. The number of amides is 1. The lowest BCUT2D eigenvalue weighted by Crippen LogP contribution is -2.44. The second-order valence-corrected chi connectivity index (χ2v) is 5.11. The minimum absolute atomic E-state index is 0.256. The van der Waals surface area contributed by atoms with Crippen LogP contribution in [0.5, 0.6) is 0 Å². The number of hydrogen-bond acceptors (Lipinski definition) is 2. The quantitative estimate of drug-likeness (QED) is 0.809. The van der Waals surface area contributed by atoms with Crippen LogP contribution in [0.2, 0.25) is 0 Å². The summed E-state index contributed by atoms with van der Waals surface area (Å²) in [5.41, 5.74) is 0.712. The number of aryl methyl sites for hydroxylation is 1. The van der Waals surface area contributed by atoms with E-state index in [0.29, 0.717) is 6.42 Å². The van der Waals surface area contributed by atoms with E-state index in [4.69, 9.17) is 0 Å². The molecule has 1 amide bonds. The molecule has 1 N–H and O–H groups in total. The van der Waals surface area contributed by atoms with Crippen molar-refractivity contribution in [2.75, 3.05) is 0 Å². The van der Waals surface area contributed by atoms with E-state index < -0.39 is 5.91 Å². The van der Waals surface area contributed by atoms with E-state index in [1.165, 1.54) is 0 Å². The first-order valence-electron chi connectivity index (χ1n) is 5.78. The van der Waals surface area contributed by atoms with Crippen molar-refractivity contribution < 1.29 is 9.59 Å². The van der Waals surface area contributed by atoms with Crippen molar-refractivity contribution in [3.63, 3.8) is 0 Å². The molecule has 0 spiro atoms. The van der Waals surface area contributed by atoms with Crippen molar-refractivity contribution >= 4 is 11.7 Å². The molecule has 0 saturated carbocycles. The molecule has 3 nitrogen and oxygen atoms in total. The van der Waals surface area contributed by atoms with Gasteiger partial charge in [0.25, 0.3) is 5.91 Å². The Hall–Kier alpha value is -1.64. The van der Waals surface area contributed by atoms with Crippen molar-refractivity contribution in [2.45, 2.75) is 39.2 Å². The number of hydrogen-bond donors (Lipinski definition) is 1. The maximum Gasteiger partial charge on any atom is 0.287 e. The summed E-state index contributed by atoms with van der Waals surface area (Å²) in [5.74, 6) is -0.850. The normalized spacial score (nSPS) is 11.0. The first-order chi connectivity index (χ1) is 7.88. The van der Waals surface area contributed by atoms with Crippen molar-refractivity contribution in [1.82, 2.24) is 5.32 Å². The standard InChI is InChI=1S/C14H19NO2/c1-14(2,3)15-13(17)12(16)10-9-11-7-5-4-6-8-11/h4-8H,9-10H2,1-3H3,(H,15,17). The Kier molecular flexibility index (Phi) is 4.44. The second kappa shape index (κ2) is 5.62. The zero-order valence-corrected chi connectivity index (χ0v) is 10.6. The first-order valence-corrected chi connectivity index (χ1v) is 5.78. The lowest BCUT2D eigenvalue weighted by atomic mass is 10.1. The van der Waals surface area contributed by atoms with E-state index >= 15 is 0 Å². The summed E-state index contributed by atoms with van der Waals surface area (Å²) in [4.78, 5) is 23.1. The van der Waals surface area contributed by atoms with Gasteiger partial charge in [-0.25, -0.2) is 0 Å². The van der Waals surface area contributed by atoms with Crippen LogP contribution in [-0.2, 0) is 16.0 Å². The van der Waals surface area contributed by atoms with Gasteiger partial charge < -0.3 is 5.32 Å². The summed E-state index contributed by atoms with van der Waals surface area (Å²) in [6.07, 6.45) is 0.864. The summed E-state index contributed by atoms with van der Waals surface area (Å²) in [6.45, 7) is 5.57. The molecule has 0 fully saturated rings. The van der Waals surface area contributed by atoms with Crippen LogP contribution in [0.15, 0.2) is 30.3 Å². The summed E-state index contributed by atoms with van der Waals surface area (Å²) in [5, 5.41) is 2.67. The van der Waals surface area contributed by atoms with Gasteiger partial charge in [0.1, 0.15) is 0 Å². The molecule has 0 atom stereocenters. The maximum atomic E-state index is 11.6. The molecule has 0 aliphatic carbocycles. The molecule has 1 rings (SSSR count). The molecule has 0 unspecified atom stereocenters. The molecule has 0 aromatic heterocycles. The molecule has 3 heteroatoms. The highest BCUT2D eigenvalue weighted by Gasteiger charge is 2.19. The van der Waals surface area contributed by atoms with Crippen molar-refractivity contribution in [3.05, 3.63) is 35.9 Å². The minimum Gasteiger partial charge on any atom is -0.345 e. The second-order valence-electron chi connectivity index (χ2n) is 5.11. The first kappa shape index (κ1) is 13.4. The summed E-state index contributed by atoms with van der Waals surface area (Å²) < 4.78 is 0. The highest BCUT2D eigenvalue weighted by Crippen LogP contribution is 2.04. The molecule has 92 valence electrons. The number of rotatable bonds is 4. The highest BCUT2D eigenvalue weighted by molar-refractivity contribution is 6.36. The maximum absolute atomic E-state index is 11.6. The van der Waals surface area contributed by atoms with Gasteiger partial charge in [-0.05, 0) is 32.8 Å². The Bertz CT molecular complexity index is 390. The van der Waals surface area contributed by atoms with E-state index in [1.807, 2.05) is 51.1 Å². The summed E-state index contributed by atoms with van der Waals surface area (Å²) in [6, 6.07) is 9.69. The number of ketones is 1. The van der Waals surface area contributed by atoms with Gasteiger partial charge in [0.05, 0.1) is 0 Å². The highest BCUT2D eigenvalue weighted by atomic mass is 16.2. The molecule has 1 aromatic rings. The lowest BCUT2D eigenvalue weighted by molar-refractivity contribution is -0.138. The van der Waals surface area contributed by atoms with E-state index in [1.54, 1.807) is 0 Å². The molecule has 0 aliphatic heterocycles. The van der Waals surface area contributed by atoms with Gasteiger partial charge in [-0.3, -0.25) is 9.59 Å². The summed E-state index contributed by atoms with van der Waals surface area (Å²) in [7, 11) is 0. The van der Waals surface area contributed by atoms with E-state index in [0.717, 1.165) is 5.56 Å². The third kappa shape index (κ3) is 5.29. The van der Waals surface area contributed by atoms with E-state index in [-0.39, 0.29) is 17.7 Å². The Balaban J connectivity index is 2.43. The van der Waals surface area contributed by atoms with Gasteiger partial charge in [0, 0.05) is 12.0 Å². The van der Waals surface area contributed by atoms with Gasteiger partial charge in [-0.15, -0.1) is 0 Å². The largest absolute Gasteiger partial charge is 0.345 e. The monoisotopic (exact) mass is 233 g/mol. The molecule has 1 aromatic carbocycles. The predicted octanol–water partition coefficient (Wildman–Crippen LogP) is 2.10. The molecule has 0 heterocycles. The SMILES string of the molecule is CC(C)(C)NC(=O)C(=O)CCc1ccccc1. The van der Waals surface area contributed by atoms with Crippen LogP contribution in [-0.4, -0.2) is 17.2 Å². The number of nitrogens with one attached hydrogen (secondary N) is 1. The fraction of sp³-hybridized carbons (Fsp3) is 0.429. The van der Waals surface area contributed by atoms with Gasteiger partial charge in [0.2, 0.25) is 5.78 Å². The number of carbonyl (C=O) groups excluding carboxylic acids is 2. The van der Waals surface area contributed by atoms with Gasteiger partial charge in [-0.1, -0.05) is 30.3 Å². The zero-order chi connectivity index (χ0) is 12.9. The molecule has 0 aliphatic rings. The molecule has 0 radical (unpaired) electrons. The average Bonchev–Trinajstić information content (AvgIpc) is 2.25. The van der Waals surface area contributed by atoms with Crippen LogP contribution in [0, 0.1) is 0 Å². The van der Waals surface area contributed by atoms with Crippen molar-refractivity contribution in [1.29, 1.82) is 0 Å². The van der Waals surface area contributed by atoms with Crippen molar-refractivity contribution in [3.8, 4) is 0 Å². The summed E-state index contributed by atoms with van der Waals surface area (Å²) >= 11 is 0. The van der Waals surface area contributed by atoms with Crippen LogP contribution in [0.4, 0.5) is 0 Å². The topological polar surface area (TPSA) is 46.2 Å². The Morgan fingerprint density at radius 2 is 1.71 bits per heavy atom. The lowest BCUT2D eigenvalue weighted by Gasteiger charge is -2.19. The molecule has 0 saturated heterocycles. The Morgan fingerprint density at radius 1 is 1.12 bits per heavy atom. The third-order valence-electron chi connectivity index (χ3n) is 2.23. The van der Waals surface area contributed by atoms with Crippen LogP contribution in [0.1, 0.15) is 32.8 Å².